The molecule has 5 rings (SSSR count). The van der Waals surface area contributed by atoms with Crippen LogP contribution < -0.4 is 0 Å². The minimum atomic E-state index is -0.0149. The Hall–Kier alpha value is -2.33. The Bertz CT molecular complexity index is 943. The normalized spacial score (nSPS) is 21.6. The zero-order chi connectivity index (χ0) is 17.0. The predicted octanol–water partition coefficient (Wildman–Crippen LogP) is 4.34. The molecule has 1 saturated heterocycles. The summed E-state index contributed by atoms with van der Waals surface area (Å²) in [6.45, 7) is 2.09. The molecule has 3 aliphatic rings. The number of thioether (sulfide) groups is 1. The van der Waals surface area contributed by atoms with Crippen LogP contribution in [0.15, 0.2) is 59.1 Å². The van der Waals surface area contributed by atoms with Gasteiger partial charge in [0.15, 0.2) is 5.17 Å². The number of amides is 1. The highest BCUT2D eigenvalue weighted by Gasteiger charge is 2.42. The van der Waals surface area contributed by atoms with Gasteiger partial charge in [0.2, 0.25) is 5.91 Å². The van der Waals surface area contributed by atoms with Crippen molar-refractivity contribution < 1.29 is 4.79 Å². The minimum Gasteiger partial charge on any atom is -0.279 e. The second-order valence-corrected chi connectivity index (χ2v) is 7.73. The van der Waals surface area contributed by atoms with Crippen molar-refractivity contribution in [1.29, 1.82) is 0 Å². The fraction of sp³-hybridized carbons (Fsp3) is 0.238. The van der Waals surface area contributed by atoms with E-state index in [0.29, 0.717) is 5.75 Å². The zero-order valence-corrected chi connectivity index (χ0v) is 14.8. The first-order valence-electron chi connectivity index (χ1n) is 8.64. The van der Waals surface area contributed by atoms with Gasteiger partial charge in [-0.05, 0) is 36.5 Å². The first-order valence-corrected chi connectivity index (χ1v) is 9.62. The molecule has 2 aliphatic heterocycles. The number of hydrogen-bond donors (Lipinski definition) is 0. The van der Waals surface area contributed by atoms with Gasteiger partial charge >= 0.3 is 0 Å². The maximum atomic E-state index is 12.6. The van der Waals surface area contributed by atoms with Crippen LogP contribution in [0.4, 0.5) is 0 Å². The van der Waals surface area contributed by atoms with E-state index >= 15 is 0 Å². The molecule has 124 valence electrons. The molecule has 0 bridgehead atoms. The molecule has 1 aliphatic carbocycles. The van der Waals surface area contributed by atoms with E-state index in [-0.39, 0.29) is 11.9 Å². The molecule has 2 heterocycles. The van der Waals surface area contributed by atoms with Crippen molar-refractivity contribution in [3.8, 4) is 0 Å². The third kappa shape index (κ3) is 2.28. The Morgan fingerprint density at radius 1 is 1.08 bits per heavy atom. The largest absolute Gasteiger partial charge is 0.279 e. The number of amidine groups is 1. The lowest BCUT2D eigenvalue weighted by atomic mass is 9.82. The quantitative estimate of drug-likeness (QED) is 0.769. The molecule has 1 unspecified atom stereocenters. The topological polar surface area (TPSA) is 32.7 Å². The number of hydrogen-bond acceptors (Lipinski definition) is 3. The Labute approximate surface area is 151 Å². The first-order chi connectivity index (χ1) is 12.2. The number of benzene rings is 2. The monoisotopic (exact) mass is 346 g/mol. The van der Waals surface area contributed by atoms with Crippen LogP contribution >= 0.6 is 11.8 Å². The lowest BCUT2D eigenvalue weighted by Gasteiger charge is -2.37. The Kier molecular flexibility index (Phi) is 3.35. The fourth-order valence-electron chi connectivity index (χ4n) is 3.99. The van der Waals surface area contributed by atoms with E-state index < -0.39 is 0 Å². The maximum Gasteiger partial charge on any atom is 0.239 e. The van der Waals surface area contributed by atoms with E-state index in [2.05, 4.69) is 55.5 Å². The van der Waals surface area contributed by atoms with Crippen LogP contribution in [-0.2, 0) is 11.2 Å². The van der Waals surface area contributed by atoms with E-state index in [4.69, 9.17) is 4.99 Å². The van der Waals surface area contributed by atoms with Crippen molar-refractivity contribution in [3.05, 3.63) is 76.4 Å². The van der Waals surface area contributed by atoms with Gasteiger partial charge in [0.25, 0.3) is 0 Å². The van der Waals surface area contributed by atoms with Crippen molar-refractivity contribution in [2.75, 3.05) is 5.75 Å². The molecule has 0 radical (unpaired) electrons. The molecule has 1 fully saturated rings. The third-order valence-electron chi connectivity index (χ3n) is 5.23. The van der Waals surface area contributed by atoms with E-state index in [0.717, 1.165) is 23.7 Å². The summed E-state index contributed by atoms with van der Waals surface area (Å²) in [6.07, 6.45) is 1.97. The predicted molar refractivity (Wildman–Crippen MR) is 102 cm³/mol. The van der Waals surface area contributed by atoms with E-state index in [9.17, 15) is 4.79 Å². The summed E-state index contributed by atoms with van der Waals surface area (Å²) >= 11 is 1.56. The summed E-state index contributed by atoms with van der Waals surface area (Å²) in [4.78, 5) is 19.4. The Morgan fingerprint density at radius 2 is 1.88 bits per heavy atom. The van der Waals surface area contributed by atoms with Gasteiger partial charge in [-0.1, -0.05) is 65.9 Å². The van der Waals surface area contributed by atoms with Gasteiger partial charge in [0, 0.05) is 5.56 Å². The van der Waals surface area contributed by atoms with Gasteiger partial charge in [0.05, 0.1) is 17.5 Å². The van der Waals surface area contributed by atoms with Gasteiger partial charge in [-0.2, -0.15) is 0 Å². The molecule has 25 heavy (non-hydrogen) atoms. The Morgan fingerprint density at radius 3 is 2.72 bits per heavy atom. The van der Waals surface area contributed by atoms with Gasteiger partial charge in [-0.15, -0.1) is 0 Å². The van der Waals surface area contributed by atoms with Crippen LogP contribution in [-0.4, -0.2) is 21.7 Å². The molecule has 3 nitrogen and oxygen atoms in total. The molecular weight excluding hydrogens is 328 g/mol. The molecule has 1 atom stereocenters. The van der Waals surface area contributed by atoms with Gasteiger partial charge in [-0.25, -0.2) is 4.99 Å². The van der Waals surface area contributed by atoms with Crippen molar-refractivity contribution in [2.45, 2.75) is 25.8 Å². The van der Waals surface area contributed by atoms with Gasteiger partial charge in [0.1, 0.15) is 0 Å². The molecule has 0 spiro atoms. The lowest BCUT2D eigenvalue weighted by Crippen LogP contribution is -2.38. The molecule has 0 aromatic heterocycles. The first kappa shape index (κ1) is 15.0. The summed E-state index contributed by atoms with van der Waals surface area (Å²) in [5, 5.41) is 0.853. The van der Waals surface area contributed by atoms with Gasteiger partial charge < -0.3 is 0 Å². The zero-order valence-electron chi connectivity index (χ0n) is 14.0. The smallest absolute Gasteiger partial charge is 0.239 e. The highest BCUT2D eigenvalue weighted by atomic mass is 32.2. The van der Waals surface area contributed by atoms with Crippen LogP contribution in [0.3, 0.4) is 0 Å². The van der Waals surface area contributed by atoms with E-state index in [1.54, 1.807) is 11.8 Å². The number of nitrogens with zero attached hydrogens (tertiary/aromatic N) is 2. The molecular formula is C21H18N2OS. The van der Waals surface area contributed by atoms with Gasteiger partial charge in [-0.3, -0.25) is 9.69 Å². The fourth-order valence-corrected chi connectivity index (χ4v) is 4.89. The molecule has 2 aromatic carbocycles. The standard InChI is InChI=1S/C21H18N2OS/c1-13-6-8-15(9-7-13)20-17-11-10-14-4-2-3-5-16(14)19(17)22-21-23(20)18(24)12-25-21/h2-9,20H,10-12H2,1H3. The highest BCUT2D eigenvalue weighted by molar-refractivity contribution is 8.15. The SMILES string of the molecule is Cc1ccc(C2C3=C(N=C4SCC(=O)N42)c2ccccc2CC3)cc1. The average molecular weight is 346 g/mol. The van der Waals surface area contributed by atoms with Crippen molar-refractivity contribution >= 4 is 28.5 Å². The van der Waals surface area contributed by atoms with Crippen LogP contribution in [0.5, 0.6) is 0 Å². The lowest BCUT2D eigenvalue weighted by molar-refractivity contribution is -0.125. The molecule has 4 heteroatoms. The third-order valence-corrected chi connectivity index (χ3v) is 6.17. The second-order valence-electron chi connectivity index (χ2n) is 6.79. The number of aliphatic imine (C=N–C) groups is 1. The summed E-state index contributed by atoms with van der Waals surface area (Å²) < 4.78 is 0. The number of aryl methyl sites for hydroxylation is 2. The second kappa shape index (κ2) is 5.60. The molecule has 1 amide bonds. The summed E-state index contributed by atoms with van der Waals surface area (Å²) in [7, 11) is 0. The number of rotatable bonds is 1. The summed E-state index contributed by atoms with van der Waals surface area (Å²) in [5.74, 6) is 0.656. The van der Waals surface area contributed by atoms with E-state index in [1.807, 2.05) is 4.90 Å². The molecule has 2 aromatic rings. The highest BCUT2D eigenvalue weighted by Crippen LogP contribution is 2.47. The summed E-state index contributed by atoms with van der Waals surface area (Å²) in [5.41, 5.74) is 7.37. The number of carbonyl (C=O) groups excluding carboxylic acids is 1. The molecule has 0 saturated carbocycles. The van der Waals surface area contributed by atoms with Crippen LogP contribution in [0, 0.1) is 6.92 Å². The van der Waals surface area contributed by atoms with E-state index in [1.165, 1.54) is 27.8 Å². The van der Waals surface area contributed by atoms with Crippen molar-refractivity contribution in [3.63, 3.8) is 0 Å². The van der Waals surface area contributed by atoms with Crippen LogP contribution in [0.2, 0.25) is 0 Å². The maximum absolute atomic E-state index is 12.6. The van der Waals surface area contributed by atoms with Crippen LogP contribution in [0.1, 0.15) is 34.7 Å². The van der Waals surface area contributed by atoms with Crippen LogP contribution in [0.25, 0.3) is 5.70 Å². The average Bonchev–Trinajstić information content (AvgIpc) is 3.01. The number of fused-ring (bicyclic) bond motifs is 3. The molecule has 0 N–H and O–H groups in total. The number of carbonyl (C=O) groups is 1. The summed E-state index contributed by atoms with van der Waals surface area (Å²) in [6, 6.07) is 17.1. The van der Waals surface area contributed by atoms with Crippen molar-refractivity contribution in [1.82, 2.24) is 4.90 Å². The minimum absolute atomic E-state index is 0.0149. The van der Waals surface area contributed by atoms with Crippen molar-refractivity contribution in [2.24, 2.45) is 4.99 Å². The Balaban J connectivity index is 1.73.